The largest absolute Gasteiger partial charge is 0.451 e. The average molecular weight is 445 g/mol. The van der Waals surface area contributed by atoms with E-state index in [9.17, 15) is 9.18 Å². The van der Waals surface area contributed by atoms with Crippen LogP contribution < -0.4 is 10.6 Å². The summed E-state index contributed by atoms with van der Waals surface area (Å²) in [7, 11) is 0. The number of oxazole rings is 1. The second-order valence-electron chi connectivity index (χ2n) is 7.61. The summed E-state index contributed by atoms with van der Waals surface area (Å²) in [5, 5.41) is 6.11. The zero-order valence-electron chi connectivity index (χ0n) is 17.1. The van der Waals surface area contributed by atoms with Crippen molar-refractivity contribution in [3.63, 3.8) is 0 Å². The number of benzene rings is 1. The number of hydrogen-bond acceptors (Lipinski definition) is 6. The summed E-state index contributed by atoms with van der Waals surface area (Å²) in [6, 6.07) is 3.57. The highest BCUT2D eigenvalue weighted by atomic mass is 35.5. The van der Waals surface area contributed by atoms with Crippen molar-refractivity contribution in [1.82, 2.24) is 25.2 Å². The lowest BCUT2D eigenvalue weighted by molar-refractivity contribution is 0.188. The van der Waals surface area contributed by atoms with Crippen LogP contribution in [-0.2, 0) is 13.0 Å². The van der Waals surface area contributed by atoms with E-state index < -0.39 is 11.9 Å². The van der Waals surface area contributed by atoms with Crippen LogP contribution in [0.5, 0.6) is 0 Å². The molecular weight excluding hydrogens is 423 g/mol. The van der Waals surface area contributed by atoms with Crippen molar-refractivity contribution in [1.29, 1.82) is 0 Å². The molecule has 1 unspecified atom stereocenters. The van der Waals surface area contributed by atoms with E-state index in [0.29, 0.717) is 36.7 Å². The molecule has 3 heterocycles. The van der Waals surface area contributed by atoms with Crippen LogP contribution in [0.25, 0.3) is 0 Å². The quantitative estimate of drug-likeness (QED) is 0.619. The van der Waals surface area contributed by atoms with Crippen LogP contribution in [-0.4, -0.2) is 38.5 Å². The molecule has 3 aromatic rings. The fraction of sp³-hybridized carbons (Fsp3) is 0.333. The first kappa shape index (κ1) is 21.0. The molecule has 31 heavy (non-hydrogen) atoms. The summed E-state index contributed by atoms with van der Waals surface area (Å²) in [5.41, 5.74) is 2.78. The molecule has 0 saturated carbocycles. The highest BCUT2D eigenvalue weighted by molar-refractivity contribution is 6.30. The summed E-state index contributed by atoms with van der Waals surface area (Å²) < 4.78 is 19.1. The van der Waals surface area contributed by atoms with E-state index >= 15 is 0 Å². The Labute approximate surface area is 183 Å². The Bertz CT molecular complexity index is 1080. The third-order valence-electron chi connectivity index (χ3n) is 4.94. The number of aromatic nitrogens is 3. The maximum absolute atomic E-state index is 14.0. The number of urea groups is 1. The second-order valence-corrected chi connectivity index (χ2v) is 8.01. The van der Waals surface area contributed by atoms with Crippen LogP contribution in [0.4, 0.5) is 15.1 Å². The minimum Gasteiger partial charge on any atom is -0.451 e. The van der Waals surface area contributed by atoms with Crippen LogP contribution in [0.3, 0.4) is 0 Å². The molecule has 0 bridgehead atoms. The molecule has 0 saturated heterocycles. The van der Waals surface area contributed by atoms with Crippen LogP contribution in [0.1, 0.15) is 42.4 Å². The molecule has 2 aromatic heterocycles. The molecule has 4 rings (SSSR count). The second kappa shape index (κ2) is 8.89. The van der Waals surface area contributed by atoms with Gasteiger partial charge in [0.2, 0.25) is 5.95 Å². The van der Waals surface area contributed by atoms with Gasteiger partial charge >= 0.3 is 6.03 Å². The van der Waals surface area contributed by atoms with E-state index in [4.69, 9.17) is 16.0 Å². The lowest BCUT2D eigenvalue weighted by atomic mass is 10.0. The first-order chi connectivity index (χ1) is 14.9. The highest BCUT2D eigenvalue weighted by Gasteiger charge is 2.27. The van der Waals surface area contributed by atoms with Gasteiger partial charge in [-0.25, -0.2) is 24.1 Å². The Morgan fingerprint density at radius 1 is 1.32 bits per heavy atom. The molecule has 2 amide bonds. The Kier molecular flexibility index (Phi) is 6.03. The third kappa shape index (κ3) is 4.77. The first-order valence-corrected chi connectivity index (χ1v) is 10.3. The van der Waals surface area contributed by atoms with Gasteiger partial charge in [0.05, 0.1) is 17.3 Å². The zero-order chi connectivity index (χ0) is 22.0. The normalized spacial score (nSPS) is 14.3. The molecule has 162 valence electrons. The van der Waals surface area contributed by atoms with Crippen LogP contribution >= 0.6 is 11.6 Å². The van der Waals surface area contributed by atoms with Crippen molar-refractivity contribution in [3.8, 4) is 0 Å². The molecule has 1 atom stereocenters. The molecule has 0 radical (unpaired) electrons. The Balaban J connectivity index is 1.53. The summed E-state index contributed by atoms with van der Waals surface area (Å²) in [6.07, 6.45) is 5.13. The third-order valence-corrected chi connectivity index (χ3v) is 5.25. The van der Waals surface area contributed by atoms with Gasteiger partial charge in [0.15, 0.2) is 6.39 Å². The van der Waals surface area contributed by atoms with E-state index in [2.05, 4.69) is 25.6 Å². The molecule has 0 spiro atoms. The van der Waals surface area contributed by atoms with Crippen molar-refractivity contribution in [2.45, 2.75) is 38.9 Å². The molecule has 0 fully saturated rings. The number of carbonyl (C=O) groups is 1. The predicted octanol–water partition coefficient (Wildman–Crippen LogP) is 3.93. The van der Waals surface area contributed by atoms with Gasteiger partial charge in [0.1, 0.15) is 23.8 Å². The fourth-order valence-electron chi connectivity index (χ4n) is 3.40. The molecule has 1 aliphatic rings. The number of carbonyl (C=O) groups excluding carboxylic acids is 1. The number of amides is 2. The summed E-state index contributed by atoms with van der Waals surface area (Å²) in [6.45, 7) is 4.87. The van der Waals surface area contributed by atoms with Crippen LogP contribution in [0.2, 0.25) is 5.02 Å². The monoisotopic (exact) mass is 444 g/mol. The standard InChI is InChI=1S/C21H22ClFN6O2/c1-12(2)26-20-24-8-14-5-6-29(9-17(14)27-20)21(30)28-19(18-10-31-11-25-18)13-3-4-15(22)16(23)7-13/h3-4,7-8,10-12,19H,5-6,9H2,1-2H3,(H,28,30)(H,24,26,27). The Morgan fingerprint density at radius 2 is 2.16 bits per heavy atom. The number of fused-ring (bicyclic) bond motifs is 1. The van der Waals surface area contributed by atoms with Gasteiger partial charge in [-0.15, -0.1) is 0 Å². The van der Waals surface area contributed by atoms with E-state index in [1.54, 1.807) is 17.2 Å². The Morgan fingerprint density at radius 3 is 2.87 bits per heavy atom. The molecule has 1 aromatic carbocycles. The number of rotatable bonds is 5. The van der Waals surface area contributed by atoms with Crippen molar-refractivity contribution < 1.29 is 13.6 Å². The molecule has 8 nitrogen and oxygen atoms in total. The van der Waals surface area contributed by atoms with Gasteiger partial charge in [-0.2, -0.15) is 0 Å². The fourth-order valence-corrected chi connectivity index (χ4v) is 3.52. The van der Waals surface area contributed by atoms with Crippen molar-refractivity contribution >= 4 is 23.6 Å². The highest BCUT2D eigenvalue weighted by Crippen LogP contribution is 2.26. The van der Waals surface area contributed by atoms with Gasteiger partial charge in [-0.1, -0.05) is 17.7 Å². The van der Waals surface area contributed by atoms with E-state index in [0.717, 1.165) is 11.3 Å². The van der Waals surface area contributed by atoms with Crippen LogP contribution in [0.15, 0.2) is 41.5 Å². The maximum Gasteiger partial charge on any atom is 0.318 e. The molecular formula is C21H22ClFN6O2. The van der Waals surface area contributed by atoms with Crippen molar-refractivity contribution in [2.24, 2.45) is 0 Å². The van der Waals surface area contributed by atoms with Gasteiger partial charge < -0.3 is 20.0 Å². The predicted molar refractivity (Wildman–Crippen MR) is 113 cm³/mol. The SMILES string of the molecule is CC(C)Nc1ncc2c(n1)CN(C(=O)NC(c1ccc(Cl)c(F)c1)c1cocn1)CC2. The van der Waals surface area contributed by atoms with Gasteiger partial charge in [-0.05, 0) is 43.5 Å². The van der Waals surface area contributed by atoms with E-state index in [-0.39, 0.29) is 17.1 Å². The summed E-state index contributed by atoms with van der Waals surface area (Å²) >= 11 is 5.81. The molecule has 10 heteroatoms. The Hall–Kier alpha value is -3.20. The van der Waals surface area contributed by atoms with E-state index in [1.807, 2.05) is 13.8 Å². The van der Waals surface area contributed by atoms with Gasteiger partial charge in [0, 0.05) is 18.8 Å². The molecule has 0 aliphatic carbocycles. The number of hydrogen-bond donors (Lipinski definition) is 2. The summed E-state index contributed by atoms with van der Waals surface area (Å²) in [5.74, 6) is -0.0381. The van der Waals surface area contributed by atoms with Crippen LogP contribution in [0, 0.1) is 5.82 Å². The van der Waals surface area contributed by atoms with Crippen molar-refractivity contribution in [2.75, 3.05) is 11.9 Å². The van der Waals surface area contributed by atoms with Gasteiger partial charge in [-0.3, -0.25) is 0 Å². The minimum absolute atomic E-state index is 0.00659. The first-order valence-electron chi connectivity index (χ1n) is 9.90. The minimum atomic E-state index is -0.692. The number of nitrogens with one attached hydrogen (secondary N) is 2. The van der Waals surface area contributed by atoms with Crippen molar-refractivity contribution in [3.05, 3.63) is 70.4 Å². The number of nitrogens with zero attached hydrogens (tertiary/aromatic N) is 4. The lowest BCUT2D eigenvalue weighted by Gasteiger charge is -2.30. The average Bonchev–Trinajstić information content (AvgIpc) is 3.27. The lowest BCUT2D eigenvalue weighted by Crippen LogP contribution is -2.44. The van der Waals surface area contributed by atoms with E-state index in [1.165, 1.54) is 24.8 Å². The number of halogens is 2. The summed E-state index contributed by atoms with van der Waals surface area (Å²) in [4.78, 5) is 27.8. The maximum atomic E-state index is 14.0. The smallest absolute Gasteiger partial charge is 0.318 e. The topological polar surface area (TPSA) is 96.2 Å². The molecule has 2 N–H and O–H groups in total. The molecule has 1 aliphatic heterocycles. The zero-order valence-corrected chi connectivity index (χ0v) is 17.9. The van der Waals surface area contributed by atoms with Gasteiger partial charge in [0.25, 0.3) is 0 Å². The number of anilines is 1.